The minimum absolute atomic E-state index is 0.0336. The molecule has 158 valence electrons. The molecular formula is C21H15ClN2O6S. The number of carbonyl (C=O) groups excluding carboxylic acids is 1. The lowest BCUT2D eigenvalue weighted by Crippen LogP contribution is -2.15. The van der Waals surface area contributed by atoms with Crippen LogP contribution in [-0.2, 0) is 21.2 Å². The van der Waals surface area contributed by atoms with Crippen LogP contribution in [0.5, 0.6) is 11.5 Å². The van der Waals surface area contributed by atoms with E-state index in [-0.39, 0.29) is 39.2 Å². The highest BCUT2D eigenvalue weighted by Crippen LogP contribution is 2.36. The maximum Gasteiger partial charge on any atom is 0.335 e. The quantitative estimate of drug-likeness (QED) is 0.510. The monoisotopic (exact) mass is 458 g/mol. The summed E-state index contributed by atoms with van der Waals surface area (Å²) in [4.78, 5) is 22.7. The molecule has 31 heavy (non-hydrogen) atoms. The molecule has 0 unspecified atom stereocenters. The van der Waals surface area contributed by atoms with Crippen LogP contribution in [0.3, 0.4) is 0 Å². The van der Waals surface area contributed by atoms with Crippen LogP contribution >= 0.6 is 11.6 Å². The summed E-state index contributed by atoms with van der Waals surface area (Å²) in [5.74, 6) is -0.951. The van der Waals surface area contributed by atoms with Crippen molar-refractivity contribution in [2.45, 2.75) is 11.3 Å². The van der Waals surface area contributed by atoms with Crippen LogP contribution in [0.25, 0.3) is 0 Å². The van der Waals surface area contributed by atoms with Gasteiger partial charge in [0.1, 0.15) is 10.6 Å². The van der Waals surface area contributed by atoms with Gasteiger partial charge in [-0.2, -0.15) is 0 Å². The average molecular weight is 459 g/mol. The van der Waals surface area contributed by atoms with Crippen LogP contribution in [0.1, 0.15) is 15.9 Å². The standard InChI is InChI=1S/C21H15ClN2O6S/c22-15-11-16-13(10-20(25)23-16)9-19(15)31(28,29)24-17-8-12(21(26)27)6-7-18(17)30-14-4-2-1-3-5-14/h1-9,11,24H,10H2,(H,23,25)(H,26,27). The number of anilines is 2. The van der Waals surface area contributed by atoms with Gasteiger partial charge in [-0.1, -0.05) is 29.8 Å². The van der Waals surface area contributed by atoms with Gasteiger partial charge < -0.3 is 15.2 Å². The summed E-state index contributed by atoms with van der Waals surface area (Å²) in [7, 11) is -4.23. The summed E-state index contributed by atoms with van der Waals surface area (Å²) in [5.41, 5.74) is 0.743. The largest absolute Gasteiger partial charge is 0.478 e. The number of benzene rings is 3. The van der Waals surface area contributed by atoms with Gasteiger partial charge >= 0.3 is 5.97 Å². The Labute approximate surface area is 182 Å². The summed E-state index contributed by atoms with van der Waals surface area (Å²) in [6, 6.07) is 15.1. The zero-order valence-electron chi connectivity index (χ0n) is 15.8. The molecule has 3 N–H and O–H groups in total. The van der Waals surface area contributed by atoms with Crippen LogP contribution in [0, 0.1) is 0 Å². The van der Waals surface area contributed by atoms with Gasteiger partial charge in [0.2, 0.25) is 5.91 Å². The van der Waals surface area contributed by atoms with E-state index in [0.29, 0.717) is 17.0 Å². The summed E-state index contributed by atoms with van der Waals surface area (Å²) in [5, 5.41) is 11.8. The van der Waals surface area contributed by atoms with E-state index in [4.69, 9.17) is 16.3 Å². The molecule has 10 heteroatoms. The number of hydrogen-bond donors (Lipinski definition) is 3. The molecule has 0 bridgehead atoms. The van der Waals surface area contributed by atoms with Gasteiger partial charge in [-0.05, 0) is 48.0 Å². The third-order valence-electron chi connectivity index (χ3n) is 4.51. The molecule has 0 saturated carbocycles. The third kappa shape index (κ3) is 4.32. The number of para-hydroxylation sites is 1. The van der Waals surface area contributed by atoms with Gasteiger partial charge in [0.05, 0.1) is 22.7 Å². The maximum atomic E-state index is 13.1. The van der Waals surface area contributed by atoms with Crippen molar-refractivity contribution in [1.82, 2.24) is 0 Å². The van der Waals surface area contributed by atoms with Gasteiger partial charge in [-0.3, -0.25) is 9.52 Å². The molecule has 1 heterocycles. The van der Waals surface area contributed by atoms with Gasteiger partial charge in [0, 0.05) is 5.69 Å². The molecule has 1 aliphatic rings. The second kappa shape index (κ2) is 7.93. The van der Waals surface area contributed by atoms with Gasteiger partial charge in [-0.25, -0.2) is 13.2 Å². The zero-order valence-corrected chi connectivity index (χ0v) is 17.3. The number of nitrogens with one attached hydrogen (secondary N) is 2. The Morgan fingerprint density at radius 2 is 1.84 bits per heavy atom. The minimum Gasteiger partial charge on any atom is -0.478 e. The highest BCUT2D eigenvalue weighted by atomic mass is 35.5. The van der Waals surface area contributed by atoms with E-state index in [1.165, 1.54) is 24.3 Å². The highest BCUT2D eigenvalue weighted by molar-refractivity contribution is 7.92. The normalized spacial score (nSPS) is 12.7. The van der Waals surface area contributed by atoms with Crippen molar-refractivity contribution in [3.8, 4) is 11.5 Å². The Morgan fingerprint density at radius 3 is 2.55 bits per heavy atom. The molecule has 0 fully saturated rings. The van der Waals surface area contributed by atoms with Crippen molar-refractivity contribution in [3.63, 3.8) is 0 Å². The first-order valence-corrected chi connectivity index (χ1v) is 10.8. The number of carboxylic acids is 1. The number of rotatable bonds is 6. The van der Waals surface area contributed by atoms with E-state index in [0.717, 1.165) is 6.07 Å². The fourth-order valence-electron chi connectivity index (χ4n) is 3.08. The second-order valence-electron chi connectivity index (χ2n) is 6.70. The summed E-state index contributed by atoms with van der Waals surface area (Å²) >= 11 is 6.16. The van der Waals surface area contributed by atoms with E-state index >= 15 is 0 Å². The van der Waals surface area contributed by atoms with Crippen LogP contribution in [-0.4, -0.2) is 25.4 Å². The van der Waals surface area contributed by atoms with Crippen molar-refractivity contribution in [2.75, 3.05) is 10.0 Å². The van der Waals surface area contributed by atoms with E-state index in [1.54, 1.807) is 30.3 Å². The molecule has 0 aromatic heterocycles. The number of sulfonamides is 1. The van der Waals surface area contributed by atoms with E-state index < -0.39 is 16.0 Å². The summed E-state index contributed by atoms with van der Waals surface area (Å²) in [6.07, 6.45) is 0.0336. The number of carbonyl (C=O) groups is 2. The molecule has 8 nitrogen and oxygen atoms in total. The Balaban J connectivity index is 1.74. The molecule has 1 aliphatic heterocycles. The zero-order chi connectivity index (χ0) is 22.2. The SMILES string of the molecule is O=C1Cc2cc(S(=O)(=O)Nc3cc(C(=O)O)ccc3Oc3ccccc3)c(Cl)cc2N1. The number of fused-ring (bicyclic) bond motifs is 1. The molecular weight excluding hydrogens is 444 g/mol. The first-order chi connectivity index (χ1) is 14.7. The molecule has 0 aliphatic carbocycles. The second-order valence-corrected chi connectivity index (χ2v) is 8.76. The number of hydrogen-bond acceptors (Lipinski definition) is 5. The van der Waals surface area contributed by atoms with Crippen LogP contribution in [0.2, 0.25) is 5.02 Å². The fraction of sp³-hybridized carbons (Fsp3) is 0.0476. The molecule has 0 radical (unpaired) electrons. The number of aromatic carboxylic acids is 1. The van der Waals surface area contributed by atoms with Gasteiger partial charge in [0.25, 0.3) is 10.0 Å². The molecule has 3 aromatic rings. The van der Waals surface area contributed by atoms with Crippen molar-refractivity contribution in [3.05, 3.63) is 76.8 Å². The predicted molar refractivity (Wildman–Crippen MR) is 115 cm³/mol. The molecule has 0 spiro atoms. The van der Waals surface area contributed by atoms with Crippen LogP contribution < -0.4 is 14.8 Å². The molecule has 4 rings (SSSR count). The lowest BCUT2D eigenvalue weighted by Gasteiger charge is -2.15. The van der Waals surface area contributed by atoms with E-state index in [2.05, 4.69) is 10.0 Å². The van der Waals surface area contributed by atoms with Gasteiger partial charge in [0.15, 0.2) is 5.75 Å². The van der Waals surface area contributed by atoms with E-state index in [9.17, 15) is 23.1 Å². The third-order valence-corrected chi connectivity index (χ3v) is 6.34. The topological polar surface area (TPSA) is 122 Å². The number of ether oxygens (including phenoxy) is 1. The first-order valence-electron chi connectivity index (χ1n) is 8.98. The summed E-state index contributed by atoms with van der Waals surface area (Å²) in [6.45, 7) is 0. The van der Waals surface area contributed by atoms with Crippen LogP contribution in [0.4, 0.5) is 11.4 Å². The first kappa shape index (κ1) is 20.7. The number of amides is 1. The molecule has 0 saturated heterocycles. The van der Waals surface area contributed by atoms with Gasteiger partial charge in [-0.15, -0.1) is 0 Å². The van der Waals surface area contributed by atoms with E-state index in [1.807, 2.05) is 0 Å². The Bertz CT molecular complexity index is 1310. The Morgan fingerprint density at radius 1 is 1.10 bits per heavy atom. The Kier molecular flexibility index (Phi) is 5.30. The Hall–Kier alpha value is -3.56. The van der Waals surface area contributed by atoms with Crippen molar-refractivity contribution in [2.24, 2.45) is 0 Å². The predicted octanol–water partition coefficient (Wildman–Crippen LogP) is 4.13. The molecule has 3 aromatic carbocycles. The smallest absolute Gasteiger partial charge is 0.335 e. The number of carboxylic acid groups (broad SMARTS) is 1. The molecule has 0 atom stereocenters. The van der Waals surface area contributed by atoms with Crippen molar-refractivity contribution < 1.29 is 27.9 Å². The molecule has 1 amide bonds. The maximum absolute atomic E-state index is 13.1. The fourth-order valence-corrected chi connectivity index (χ4v) is 4.72. The average Bonchev–Trinajstić information content (AvgIpc) is 3.08. The summed E-state index contributed by atoms with van der Waals surface area (Å²) < 4.78 is 34.3. The van der Waals surface area contributed by atoms with Crippen molar-refractivity contribution >= 4 is 44.9 Å². The lowest BCUT2D eigenvalue weighted by atomic mass is 10.2. The number of halogens is 1. The minimum atomic E-state index is -4.23. The van der Waals surface area contributed by atoms with Crippen LogP contribution in [0.15, 0.2) is 65.6 Å². The highest BCUT2D eigenvalue weighted by Gasteiger charge is 2.26. The lowest BCUT2D eigenvalue weighted by molar-refractivity contribution is -0.115. The van der Waals surface area contributed by atoms with Crippen molar-refractivity contribution in [1.29, 1.82) is 0 Å².